The zero-order valence-corrected chi connectivity index (χ0v) is 25.1. The van der Waals surface area contributed by atoms with E-state index in [-0.39, 0.29) is 36.5 Å². The SMILES string of the molecule is CC(C)(C)OC(=O)N1CCC(c2ccc(Nc3ncc(C(F)(F)F)c(CCc4ccccc4C4(C(=O)O)CC4)n3)cc2)CC1. The second-order valence-corrected chi connectivity index (χ2v) is 12.6. The number of hydrogen-bond donors (Lipinski definition) is 2. The minimum atomic E-state index is -4.63. The normalized spacial score (nSPS) is 16.8. The first kappa shape index (κ1) is 31.3. The molecule has 8 nitrogen and oxygen atoms in total. The number of benzene rings is 2. The van der Waals surface area contributed by atoms with Crippen LogP contribution in [0.5, 0.6) is 0 Å². The van der Waals surface area contributed by atoms with Gasteiger partial charge in [-0.15, -0.1) is 0 Å². The third-order valence-electron chi connectivity index (χ3n) is 8.28. The van der Waals surface area contributed by atoms with E-state index < -0.39 is 28.7 Å². The van der Waals surface area contributed by atoms with E-state index in [1.54, 1.807) is 29.2 Å². The van der Waals surface area contributed by atoms with E-state index in [1.807, 2.05) is 45.0 Å². The van der Waals surface area contributed by atoms with Gasteiger partial charge in [-0.25, -0.2) is 14.8 Å². The molecule has 0 spiro atoms. The molecule has 11 heteroatoms. The minimum Gasteiger partial charge on any atom is -0.481 e. The monoisotopic (exact) mass is 610 g/mol. The van der Waals surface area contributed by atoms with E-state index in [0.29, 0.717) is 42.7 Å². The molecular formula is C33H37F3N4O4. The first-order valence-corrected chi connectivity index (χ1v) is 14.8. The van der Waals surface area contributed by atoms with E-state index in [1.165, 1.54) is 0 Å². The van der Waals surface area contributed by atoms with Crippen LogP contribution in [-0.4, -0.2) is 50.7 Å². The van der Waals surface area contributed by atoms with Crippen molar-refractivity contribution in [2.24, 2.45) is 0 Å². The van der Waals surface area contributed by atoms with Crippen molar-refractivity contribution in [3.05, 3.63) is 82.7 Å². The van der Waals surface area contributed by atoms with Crippen LogP contribution >= 0.6 is 0 Å². The first-order valence-electron chi connectivity index (χ1n) is 14.8. The number of aryl methyl sites for hydroxylation is 2. The summed E-state index contributed by atoms with van der Waals surface area (Å²) in [6.45, 7) is 6.73. The number of alkyl halides is 3. The Balaban J connectivity index is 1.26. The number of anilines is 2. The number of nitrogens with one attached hydrogen (secondary N) is 1. The highest BCUT2D eigenvalue weighted by molar-refractivity contribution is 5.85. The zero-order valence-electron chi connectivity index (χ0n) is 25.1. The number of carbonyl (C=O) groups excluding carboxylic acids is 1. The molecule has 1 aromatic heterocycles. The standard InChI is InChI=1S/C33H37F3N4O4/c1-31(2,3)44-30(43)40-18-14-22(15-19-40)21-8-11-24(12-9-21)38-29-37-20-26(33(34,35)36)27(39-29)13-10-23-6-4-5-7-25(23)32(16-17-32)28(41)42/h4-9,11-12,20,22H,10,13-19H2,1-3H3,(H,41,42)(H,37,38,39). The summed E-state index contributed by atoms with van der Waals surface area (Å²) in [4.78, 5) is 34.2. The van der Waals surface area contributed by atoms with E-state index in [9.17, 15) is 27.9 Å². The summed E-state index contributed by atoms with van der Waals surface area (Å²) in [5, 5.41) is 12.8. The van der Waals surface area contributed by atoms with E-state index in [4.69, 9.17) is 4.74 Å². The molecule has 1 aliphatic carbocycles. The molecule has 1 saturated carbocycles. The van der Waals surface area contributed by atoms with Gasteiger partial charge in [0.25, 0.3) is 0 Å². The maximum Gasteiger partial charge on any atom is 0.419 e. The number of ether oxygens (including phenoxy) is 1. The average molecular weight is 611 g/mol. The number of piperidine rings is 1. The topological polar surface area (TPSA) is 105 Å². The number of aromatic nitrogens is 2. The third kappa shape index (κ3) is 7.14. The number of hydrogen-bond acceptors (Lipinski definition) is 6. The van der Waals surface area contributed by atoms with Gasteiger partial charge in [0.1, 0.15) is 5.60 Å². The van der Waals surface area contributed by atoms with Crippen molar-refractivity contribution >= 4 is 23.7 Å². The summed E-state index contributed by atoms with van der Waals surface area (Å²) in [5.41, 5.74) is 0.552. The second kappa shape index (κ2) is 12.1. The van der Waals surface area contributed by atoms with Gasteiger partial charge in [-0.05, 0) is 94.0 Å². The molecule has 1 amide bonds. The van der Waals surface area contributed by atoms with E-state index in [2.05, 4.69) is 15.3 Å². The largest absolute Gasteiger partial charge is 0.481 e. The van der Waals surface area contributed by atoms with Crippen LogP contribution in [0.1, 0.15) is 80.3 Å². The molecule has 2 aliphatic rings. The molecule has 1 aliphatic heterocycles. The minimum absolute atomic E-state index is 0.0281. The Morgan fingerprint density at radius 1 is 1.02 bits per heavy atom. The maximum atomic E-state index is 13.9. The molecule has 2 aromatic carbocycles. The molecule has 5 rings (SSSR count). The first-order chi connectivity index (χ1) is 20.7. The number of carboxylic acids is 1. The number of rotatable bonds is 8. The third-order valence-corrected chi connectivity index (χ3v) is 8.28. The number of carboxylic acid groups (broad SMARTS) is 1. The van der Waals surface area contributed by atoms with Gasteiger partial charge < -0.3 is 20.1 Å². The lowest BCUT2D eigenvalue weighted by Crippen LogP contribution is -2.41. The summed E-state index contributed by atoms with van der Waals surface area (Å²) in [6, 6.07) is 14.7. The lowest BCUT2D eigenvalue weighted by Gasteiger charge is -2.33. The molecule has 0 unspecified atom stereocenters. The molecule has 2 N–H and O–H groups in total. The highest BCUT2D eigenvalue weighted by Crippen LogP contribution is 2.49. The Morgan fingerprint density at radius 3 is 2.27 bits per heavy atom. The van der Waals surface area contributed by atoms with Crippen LogP contribution in [-0.2, 0) is 34.0 Å². The Bertz CT molecular complexity index is 1510. The second-order valence-electron chi connectivity index (χ2n) is 12.6. The van der Waals surface area contributed by atoms with Crippen molar-refractivity contribution in [3.8, 4) is 0 Å². The lowest BCUT2D eigenvalue weighted by molar-refractivity contribution is -0.140. The predicted molar refractivity (Wildman–Crippen MR) is 159 cm³/mol. The fourth-order valence-electron chi connectivity index (χ4n) is 5.78. The lowest BCUT2D eigenvalue weighted by atomic mass is 9.89. The summed E-state index contributed by atoms with van der Waals surface area (Å²) >= 11 is 0. The van der Waals surface area contributed by atoms with Crippen molar-refractivity contribution in [2.75, 3.05) is 18.4 Å². The molecule has 234 valence electrons. The fourth-order valence-corrected chi connectivity index (χ4v) is 5.78. The van der Waals surface area contributed by atoms with Gasteiger partial charge in [-0.2, -0.15) is 13.2 Å². The summed E-state index contributed by atoms with van der Waals surface area (Å²) < 4.78 is 47.1. The Kier molecular flexibility index (Phi) is 8.59. The molecule has 3 aromatic rings. The van der Waals surface area contributed by atoms with E-state index >= 15 is 0 Å². The van der Waals surface area contributed by atoms with Crippen LogP contribution in [0.4, 0.5) is 29.6 Å². The molecule has 2 fully saturated rings. The highest BCUT2D eigenvalue weighted by Gasteiger charge is 2.52. The van der Waals surface area contributed by atoms with Gasteiger partial charge in [-0.3, -0.25) is 4.79 Å². The van der Waals surface area contributed by atoms with Gasteiger partial charge in [0.2, 0.25) is 5.95 Å². The number of amides is 1. The molecule has 0 bridgehead atoms. The fraction of sp³-hybridized carbons (Fsp3) is 0.455. The zero-order chi connectivity index (χ0) is 31.7. The molecule has 0 atom stereocenters. The van der Waals surface area contributed by atoms with Gasteiger partial charge in [0.05, 0.1) is 16.7 Å². The van der Waals surface area contributed by atoms with Crippen LogP contribution in [0.2, 0.25) is 0 Å². The van der Waals surface area contributed by atoms with Crippen molar-refractivity contribution < 1.29 is 32.6 Å². The smallest absolute Gasteiger partial charge is 0.419 e. The summed E-state index contributed by atoms with van der Waals surface area (Å²) in [7, 11) is 0. The van der Waals surface area contributed by atoms with Crippen molar-refractivity contribution in [1.29, 1.82) is 0 Å². The molecule has 1 saturated heterocycles. The van der Waals surface area contributed by atoms with Crippen LogP contribution in [0, 0.1) is 0 Å². The van der Waals surface area contributed by atoms with Crippen LogP contribution in [0.15, 0.2) is 54.7 Å². The summed E-state index contributed by atoms with van der Waals surface area (Å²) in [5.74, 6) is -0.592. The van der Waals surface area contributed by atoms with Gasteiger partial charge in [0.15, 0.2) is 0 Å². The number of nitrogens with zero attached hydrogens (tertiary/aromatic N) is 3. The number of likely N-dealkylation sites (tertiary alicyclic amines) is 1. The molecule has 44 heavy (non-hydrogen) atoms. The average Bonchev–Trinajstić information content (AvgIpc) is 3.78. The number of carbonyl (C=O) groups is 2. The van der Waals surface area contributed by atoms with Gasteiger partial charge in [0, 0.05) is 25.0 Å². The molecular weight excluding hydrogens is 573 g/mol. The Labute approximate surface area is 254 Å². The molecule has 0 radical (unpaired) electrons. The number of halogens is 3. The maximum absolute atomic E-state index is 13.9. The Hall–Kier alpha value is -4.15. The van der Waals surface area contributed by atoms with Crippen LogP contribution in [0.3, 0.4) is 0 Å². The Morgan fingerprint density at radius 2 is 1.68 bits per heavy atom. The molecule has 2 heterocycles. The summed E-state index contributed by atoms with van der Waals surface area (Å²) in [6.07, 6.45) is -1.33. The van der Waals surface area contributed by atoms with E-state index in [0.717, 1.165) is 24.6 Å². The van der Waals surface area contributed by atoms with Crippen LogP contribution in [0.25, 0.3) is 0 Å². The van der Waals surface area contributed by atoms with Crippen molar-refractivity contribution in [2.45, 2.75) is 82.4 Å². The number of aliphatic carboxylic acids is 1. The quantitative estimate of drug-likeness (QED) is 0.277. The van der Waals surface area contributed by atoms with Crippen LogP contribution < -0.4 is 5.32 Å². The van der Waals surface area contributed by atoms with Crippen molar-refractivity contribution in [1.82, 2.24) is 14.9 Å². The highest BCUT2D eigenvalue weighted by atomic mass is 19.4. The van der Waals surface area contributed by atoms with Crippen molar-refractivity contribution in [3.63, 3.8) is 0 Å². The van der Waals surface area contributed by atoms with Gasteiger partial charge >= 0.3 is 18.2 Å². The predicted octanol–water partition coefficient (Wildman–Crippen LogP) is 7.25. The van der Waals surface area contributed by atoms with Gasteiger partial charge in [-0.1, -0.05) is 36.4 Å².